The molecule has 2 amide bonds. The van der Waals surface area contributed by atoms with Crippen molar-refractivity contribution < 1.29 is 14.3 Å². The van der Waals surface area contributed by atoms with Crippen LogP contribution in [-0.2, 0) is 0 Å². The number of aromatic nitrogens is 1. The van der Waals surface area contributed by atoms with Crippen LogP contribution < -0.4 is 25.8 Å². The predicted octanol–water partition coefficient (Wildman–Crippen LogP) is 3.08. The lowest BCUT2D eigenvalue weighted by Crippen LogP contribution is -2.39. The average molecular weight is 371 g/mol. The van der Waals surface area contributed by atoms with Gasteiger partial charge < -0.3 is 20.5 Å². The number of hydrogen-bond donors (Lipinski definition) is 3. The highest BCUT2D eigenvalue weighted by Gasteiger charge is 2.10. The van der Waals surface area contributed by atoms with Gasteiger partial charge in [0.15, 0.2) is 0 Å². The number of ether oxygens (including phenoxy) is 2. The third kappa shape index (κ3) is 4.01. The minimum atomic E-state index is -0.546. The van der Waals surface area contributed by atoms with E-state index in [1.54, 1.807) is 25.3 Å². The van der Waals surface area contributed by atoms with Crippen LogP contribution >= 0.6 is 11.3 Å². The fraction of sp³-hybridized carbons (Fsp3) is 0.118. The van der Waals surface area contributed by atoms with Crippen LogP contribution in [0.25, 0.3) is 10.2 Å². The SMILES string of the molecule is COc1ccc(NC(=O)N/C(N)=N/c2nc3ccccc3s2)c(OC)c1. The molecule has 0 saturated heterocycles. The van der Waals surface area contributed by atoms with Crippen molar-refractivity contribution in [1.29, 1.82) is 0 Å². The summed E-state index contributed by atoms with van der Waals surface area (Å²) in [5, 5.41) is 5.57. The van der Waals surface area contributed by atoms with Crippen molar-refractivity contribution in [1.82, 2.24) is 10.3 Å². The first-order chi connectivity index (χ1) is 12.6. The van der Waals surface area contributed by atoms with Crippen molar-refractivity contribution in [3.63, 3.8) is 0 Å². The van der Waals surface area contributed by atoms with Crippen LogP contribution in [0.4, 0.5) is 15.6 Å². The lowest BCUT2D eigenvalue weighted by molar-refractivity contribution is 0.256. The van der Waals surface area contributed by atoms with Crippen molar-refractivity contribution in [3.05, 3.63) is 42.5 Å². The summed E-state index contributed by atoms with van der Waals surface area (Å²) < 4.78 is 11.3. The van der Waals surface area contributed by atoms with E-state index < -0.39 is 6.03 Å². The molecule has 3 aromatic rings. The Balaban J connectivity index is 1.69. The quantitative estimate of drug-likeness (QED) is 0.482. The number of methoxy groups -OCH3 is 2. The Morgan fingerprint density at radius 3 is 2.73 bits per heavy atom. The van der Waals surface area contributed by atoms with E-state index in [0.717, 1.165) is 10.2 Å². The number of para-hydroxylation sites is 1. The monoisotopic (exact) mass is 371 g/mol. The number of carbonyl (C=O) groups is 1. The van der Waals surface area contributed by atoms with E-state index in [1.807, 2.05) is 24.3 Å². The number of nitrogens with two attached hydrogens (primary N) is 1. The van der Waals surface area contributed by atoms with E-state index in [-0.39, 0.29) is 5.96 Å². The Morgan fingerprint density at radius 1 is 1.19 bits per heavy atom. The molecule has 134 valence electrons. The third-order valence-corrected chi connectivity index (χ3v) is 4.33. The van der Waals surface area contributed by atoms with Gasteiger partial charge in [-0.3, -0.25) is 5.32 Å². The van der Waals surface area contributed by atoms with Gasteiger partial charge in [-0.1, -0.05) is 23.5 Å². The Kier molecular flexibility index (Phi) is 5.18. The van der Waals surface area contributed by atoms with Gasteiger partial charge in [0, 0.05) is 6.07 Å². The number of thiazole rings is 1. The Bertz CT molecular complexity index is 937. The number of carbonyl (C=O) groups excluding carboxylic acids is 1. The molecule has 0 fully saturated rings. The summed E-state index contributed by atoms with van der Waals surface area (Å²) in [7, 11) is 3.05. The second-order valence-corrected chi connectivity index (χ2v) is 6.12. The number of benzene rings is 2. The van der Waals surface area contributed by atoms with Gasteiger partial charge in [0.2, 0.25) is 11.1 Å². The molecular formula is C17H17N5O3S. The Labute approximate surface area is 153 Å². The number of nitrogens with zero attached hydrogens (tertiary/aromatic N) is 2. The van der Waals surface area contributed by atoms with Gasteiger partial charge >= 0.3 is 6.03 Å². The zero-order chi connectivity index (χ0) is 18.5. The van der Waals surface area contributed by atoms with E-state index in [4.69, 9.17) is 15.2 Å². The average Bonchev–Trinajstić information content (AvgIpc) is 3.03. The molecule has 26 heavy (non-hydrogen) atoms. The van der Waals surface area contributed by atoms with Crippen molar-refractivity contribution >= 4 is 44.4 Å². The molecule has 0 bridgehead atoms. The van der Waals surface area contributed by atoms with Gasteiger partial charge in [0.05, 0.1) is 30.1 Å². The van der Waals surface area contributed by atoms with Crippen LogP contribution in [0, 0.1) is 0 Å². The molecule has 0 aliphatic carbocycles. The predicted molar refractivity (Wildman–Crippen MR) is 103 cm³/mol. The smallest absolute Gasteiger partial charge is 0.326 e. The number of nitrogens with one attached hydrogen (secondary N) is 2. The van der Waals surface area contributed by atoms with E-state index in [2.05, 4.69) is 20.6 Å². The summed E-state index contributed by atoms with van der Waals surface area (Å²) in [6.45, 7) is 0. The van der Waals surface area contributed by atoms with E-state index in [0.29, 0.717) is 22.3 Å². The van der Waals surface area contributed by atoms with Crippen LogP contribution in [0.3, 0.4) is 0 Å². The van der Waals surface area contributed by atoms with Gasteiger partial charge in [0.25, 0.3) is 0 Å². The normalized spacial score (nSPS) is 11.2. The lowest BCUT2D eigenvalue weighted by atomic mass is 10.2. The van der Waals surface area contributed by atoms with Crippen LogP contribution in [0.1, 0.15) is 0 Å². The molecule has 0 atom stereocenters. The number of guanidine groups is 1. The highest BCUT2D eigenvalue weighted by Crippen LogP contribution is 2.29. The second-order valence-electron chi connectivity index (χ2n) is 5.11. The molecule has 0 unspecified atom stereocenters. The highest BCUT2D eigenvalue weighted by atomic mass is 32.1. The standard InChI is InChI=1S/C17H17N5O3S/c1-24-10-7-8-11(13(9-10)25-2)19-16(23)21-15(18)22-17-20-12-5-3-4-6-14(12)26-17/h3-9H,1-2H3,(H4,18,19,20,21,22,23). The van der Waals surface area contributed by atoms with Crippen LogP contribution in [0.15, 0.2) is 47.5 Å². The van der Waals surface area contributed by atoms with Crippen LogP contribution in [0.2, 0.25) is 0 Å². The molecule has 9 heteroatoms. The maximum Gasteiger partial charge on any atom is 0.326 e. The van der Waals surface area contributed by atoms with E-state index >= 15 is 0 Å². The minimum Gasteiger partial charge on any atom is -0.497 e. The molecule has 0 saturated carbocycles. The summed E-state index contributed by atoms with van der Waals surface area (Å²) in [5.74, 6) is 1.01. The molecule has 0 aliphatic rings. The molecule has 0 spiro atoms. The number of amides is 2. The Morgan fingerprint density at radius 2 is 2.00 bits per heavy atom. The summed E-state index contributed by atoms with van der Waals surface area (Å²) >= 11 is 1.38. The number of hydrogen-bond acceptors (Lipinski definition) is 6. The van der Waals surface area contributed by atoms with E-state index in [9.17, 15) is 4.79 Å². The molecule has 3 rings (SSSR count). The van der Waals surface area contributed by atoms with Gasteiger partial charge in [-0.15, -0.1) is 0 Å². The zero-order valence-electron chi connectivity index (χ0n) is 14.1. The van der Waals surface area contributed by atoms with Crippen molar-refractivity contribution in [2.45, 2.75) is 0 Å². The molecule has 0 radical (unpaired) electrons. The molecule has 1 aromatic heterocycles. The number of urea groups is 1. The zero-order valence-corrected chi connectivity index (χ0v) is 15.0. The molecule has 2 aromatic carbocycles. The van der Waals surface area contributed by atoms with Gasteiger partial charge in [-0.05, 0) is 24.3 Å². The molecule has 1 heterocycles. The third-order valence-electron chi connectivity index (χ3n) is 3.40. The molecule has 0 aliphatic heterocycles. The molecular weight excluding hydrogens is 354 g/mol. The second kappa shape index (κ2) is 7.70. The fourth-order valence-electron chi connectivity index (χ4n) is 2.21. The minimum absolute atomic E-state index is 0.0611. The molecule has 8 nitrogen and oxygen atoms in total. The number of aliphatic imine (C=N–C) groups is 1. The number of rotatable bonds is 4. The maximum absolute atomic E-state index is 12.1. The van der Waals surface area contributed by atoms with E-state index in [1.165, 1.54) is 18.4 Å². The first-order valence-corrected chi connectivity index (χ1v) is 8.40. The largest absolute Gasteiger partial charge is 0.497 e. The van der Waals surface area contributed by atoms with Crippen molar-refractivity contribution in [3.8, 4) is 11.5 Å². The fourth-order valence-corrected chi connectivity index (χ4v) is 3.06. The van der Waals surface area contributed by atoms with Crippen molar-refractivity contribution in [2.24, 2.45) is 10.7 Å². The lowest BCUT2D eigenvalue weighted by Gasteiger charge is -2.12. The van der Waals surface area contributed by atoms with Crippen LogP contribution in [0.5, 0.6) is 11.5 Å². The summed E-state index contributed by atoms with van der Waals surface area (Å²) in [6, 6.07) is 12.1. The van der Waals surface area contributed by atoms with Crippen molar-refractivity contribution in [2.75, 3.05) is 19.5 Å². The summed E-state index contributed by atoms with van der Waals surface area (Å²) in [6.07, 6.45) is 0. The molecule has 4 N–H and O–H groups in total. The maximum atomic E-state index is 12.1. The first-order valence-electron chi connectivity index (χ1n) is 7.59. The van der Waals surface area contributed by atoms with Gasteiger partial charge in [-0.25, -0.2) is 9.78 Å². The van der Waals surface area contributed by atoms with Gasteiger partial charge in [0.1, 0.15) is 11.5 Å². The highest BCUT2D eigenvalue weighted by molar-refractivity contribution is 7.22. The summed E-state index contributed by atoms with van der Waals surface area (Å²) in [5.41, 5.74) is 7.09. The first kappa shape index (κ1) is 17.5. The Hall–Kier alpha value is -3.33. The number of fused-ring (bicyclic) bond motifs is 1. The van der Waals surface area contributed by atoms with Crippen LogP contribution in [-0.4, -0.2) is 31.2 Å². The van der Waals surface area contributed by atoms with Gasteiger partial charge in [-0.2, -0.15) is 4.99 Å². The summed E-state index contributed by atoms with van der Waals surface area (Å²) in [4.78, 5) is 20.6. The number of anilines is 1. The topological polar surface area (TPSA) is 111 Å².